The maximum atomic E-state index is 14.1. The van der Waals surface area contributed by atoms with Gasteiger partial charge in [0, 0.05) is 19.4 Å². The summed E-state index contributed by atoms with van der Waals surface area (Å²) < 4.78 is 7.05. The molecule has 2 atom stereocenters. The quantitative estimate of drug-likeness (QED) is 0.255. The van der Waals surface area contributed by atoms with E-state index in [9.17, 15) is 14.4 Å². The van der Waals surface area contributed by atoms with Crippen molar-refractivity contribution in [3.8, 4) is 0 Å². The summed E-state index contributed by atoms with van der Waals surface area (Å²) in [5.41, 5.74) is 4.52. The van der Waals surface area contributed by atoms with Gasteiger partial charge < -0.3 is 4.74 Å². The third-order valence-electron chi connectivity index (χ3n) is 7.49. The number of hydrazine groups is 1. The topological polar surface area (TPSA) is 119 Å². The summed E-state index contributed by atoms with van der Waals surface area (Å²) in [6, 6.07) is 18.4. The van der Waals surface area contributed by atoms with Crippen molar-refractivity contribution in [2.45, 2.75) is 90.6 Å². The van der Waals surface area contributed by atoms with Crippen LogP contribution in [0.4, 0.5) is 0 Å². The van der Waals surface area contributed by atoms with Crippen LogP contribution in [0.5, 0.6) is 0 Å². The molecule has 1 fully saturated rings. The van der Waals surface area contributed by atoms with Crippen LogP contribution >= 0.6 is 0 Å². The van der Waals surface area contributed by atoms with Crippen LogP contribution in [0.1, 0.15) is 69.9 Å². The van der Waals surface area contributed by atoms with Gasteiger partial charge in [-0.15, -0.1) is 0 Å². The lowest BCUT2D eigenvalue weighted by Crippen LogP contribution is -2.59. The molecular formula is C33H44N6O5. The van der Waals surface area contributed by atoms with Gasteiger partial charge in [-0.2, -0.15) is 5.10 Å². The van der Waals surface area contributed by atoms with Crippen LogP contribution in [0.2, 0.25) is 0 Å². The second-order valence-corrected chi connectivity index (χ2v) is 11.5. The van der Waals surface area contributed by atoms with Gasteiger partial charge >= 0.3 is 0 Å². The lowest BCUT2D eigenvalue weighted by molar-refractivity contribution is -0.206. The molecule has 11 heteroatoms. The van der Waals surface area contributed by atoms with Crippen molar-refractivity contribution in [2.24, 2.45) is 5.92 Å². The molecule has 3 amide bonds. The predicted molar refractivity (Wildman–Crippen MR) is 164 cm³/mol. The number of hydrogen-bond donors (Lipinski definition) is 1. The fraction of sp³-hybridized carbons (Fsp3) is 0.485. The minimum atomic E-state index is -1.01. The first kappa shape index (κ1) is 32.8. The van der Waals surface area contributed by atoms with Crippen molar-refractivity contribution >= 4 is 17.7 Å². The van der Waals surface area contributed by atoms with Gasteiger partial charge in [0.15, 0.2) is 6.29 Å². The number of amides is 3. The first-order chi connectivity index (χ1) is 21.4. The van der Waals surface area contributed by atoms with Gasteiger partial charge in [-0.25, -0.2) is 30.0 Å². The first-order valence-corrected chi connectivity index (χ1v) is 15.5. The van der Waals surface area contributed by atoms with Gasteiger partial charge in [0.2, 0.25) is 5.91 Å². The van der Waals surface area contributed by atoms with Gasteiger partial charge in [0.05, 0.1) is 6.54 Å². The molecule has 4 rings (SSSR count). The van der Waals surface area contributed by atoms with Crippen LogP contribution in [-0.4, -0.2) is 61.4 Å². The molecule has 1 aliphatic heterocycles. The number of hydroxylamine groups is 1. The number of rotatable bonds is 15. The molecule has 1 N–H and O–H groups in total. The summed E-state index contributed by atoms with van der Waals surface area (Å²) in [4.78, 5) is 51.7. The average Bonchev–Trinajstić information content (AvgIpc) is 3.56. The fourth-order valence-corrected chi connectivity index (χ4v) is 5.08. The summed E-state index contributed by atoms with van der Waals surface area (Å²) in [5.74, 6) is -0.951. The molecule has 11 nitrogen and oxygen atoms in total. The minimum Gasteiger partial charge on any atom is -0.350 e. The number of aromatic nitrogens is 3. The zero-order valence-corrected chi connectivity index (χ0v) is 25.7. The minimum absolute atomic E-state index is 0.0941. The van der Waals surface area contributed by atoms with Crippen molar-refractivity contribution in [2.75, 3.05) is 6.61 Å². The maximum absolute atomic E-state index is 14.1. The van der Waals surface area contributed by atoms with Crippen molar-refractivity contribution in [3.05, 3.63) is 84.4 Å². The number of benzene rings is 2. The molecule has 0 bridgehead atoms. The second kappa shape index (κ2) is 17.3. The van der Waals surface area contributed by atoms with E-state index in [-0.39, 0.29) is 31.3 Å². The Bertz CT molecular complexity index is 1280. The summed E-state index contributed by atoms with van der Waals surface area (Å²) in [7, 11) is 0. The number of nitrogens with one attached hydrogen (secondary N) is 1. The average molecular weight is 605 g/mol. The number of ether oxygens (including phenoxy) is 1. The Morgan fingerprint density at radius 1 is 1.00 bits per heavy atom. The van der Waals surface area contributed by atoms with Gasteiger partial charge in [-0.3, -0.25) is 14.4 Å². The van der Waals surface area contributed by atoms with Crippen LogP contribution in [-0.2, 0) is 43.5 Å². The van der Waals surface area contributed by atoms with E-state index in [1.54, 1.807) is 0 Å². The molecule has 44 heavy (non-hydrogen) atoms. The van der Waals surface area contributed by atoms with E-state index in [2.05, 4.69) is 15.6 Å². The Morgan fingerprint density at radius 3 is 2.36 bits per heavy atom. The molecule has 236 valence electrons. The van der Waals surface area contributed by atoms with Crippen LogP contribution in [0.3, 0.4) is 0 Å². The third kappa shape index (κ3) is 10.3. The Hall–Kier alpha value is -4.09. The SMILES string of the molecule is CC(C)CCC(=O)N([C@@H](CCCc1ccccc1)C(=O)NO[C@@H]1CCCCO1)N(Cc1ccccc1)C(=O)Cn1cncn1. The van der Waals surface area contributed by atoms with Crippen molar-refractivity contribution in [1.82, 2.24) is 30.3 Å². The Balaban J connectivity index is 1.66. The summed E-state index contributed by atoms with van der Waals surface area (Å²) in [6.45, 7) is 4.58. The van der Waals surface area contributed by atoms with Crippen LogP contribution in [0.25, 0.3) is 0 Å². The smallest absolute Gasteiger partial charge is 0.268 e. The molecule has 2 heterocycles. The molecule has 0 radical (unpaired) electrons. The first-order valence-electron chi connectivity index (χ1n) is 15.5. The van der Waals surface area contributed by atoms with Crippen molar-refractivity contribution in [1.29, 1.82) is 0 Å². The second-order valence-electron chi connectivity index (χ2n) is 11.5. The molecule has 2 aromatic carbocycles. The van der Waals surface area contributed by atoms with E-state index in [1.807, 2.05) is 74.5 Å². The van der Waals surface area contributed by atoms with Gasteiger partial charge in [-0.05, 0) is 55.6 Å². The fourth-order valence-electron chi connectivity index (χ4n) is 5.08. The van der Waals surface area contributed by atoms with E-state index >= 15 is 0 Å². The number of nitrogens with zero attached hydrogens (tertiary/aromatic N) is 5. The highest BCUT2D eigenvalue weighted by molar-refractivity contribution is 5.89. The molecule has 0 saturated carbocycles. The monoisotopic (exact) mass is 604 g/mol. The van der Waals surface area contributed by atoms with E-state index in [1.165, 1.54) is 27.4 Å². The molecular weight excluding hydrogens is 560 g/mol. The van der Waals surface area contributed by atoms with E-state index in [4.69, 9.17) is 9.57 Å². The Labute approximate surface area is 259 Å². The largest absolute Gasteiger partial charge is 0.350 e. The maximum Gasteiger partial charge on any atom is 0.268 e. The number of aryl methyl sites for hydroxylation is 1. The third-order valence-corrected chi connectivity index (χ3v) is 7.49. The lowest BCUT2D eigenvalue weighted by Gasteiger charge is -2.40. The molecule has 1 aromatic heterocycles. The van der Waals surface area contributed by atoms with Crippen LogP contribution in [0, 0.1) is 5.92 Å². The molecule has 3 aromatic rings. The van der Waals surface area contributed by atoms with Gasteiger partial charge in [0.25, 0.3) is 11.8 Å². The molecule has 0 unspecified atom stereocenters. The van der Waals surface area contributed by atoms with Gasteiger partial charge in [-0.1, -0.05) is 74.5 Å². The highest BCUT2D eigenvalue weighted by atomic mass is 16.8. The predicted octanol–water partition coefficient (Wildman–Crippen LogP) is 4.45. The lowest BCUT2D eigenvalue weighted by atomic mass is 10.0. The number of carbonyl (C=O) groups is 3. The van der Waals surface area contributed by atoms with E-state index in [0.29, 0.717) is 38.7 Å². The van der Waals surface area contributed by atoms with Crippen LogP contribution in [0.15, 0.2) is 73.3 Å². The highest BCUT2D eigenvalue weighted by Gasteiger charge is 2.37. The van der Waals surface area contributed by atoms with Gasteiger partial charge in [0.1, 0.15) is 25.2 Å². The van der Waals surface area contributed by atoms with E-state index in [0.717, 1.165) is 24.0 Å². The molecule has 0 aliphatic carbocycles. The Kier molecular flexibility index (Phi) is 12.9. The summed E-state index contributed by atoms with van der Waals surface area (Å²) in [6.07, 6.45) is 7.18. The molecule has 1 saturated heterocycles. The van der Waals surface area contributed by atoms with Crippen molar-refractivity contribution < 1.29 is 24.0 Å². The standard InChI is InChI=1S/C33H44N6O5/c1-26(2)19-20-30(40)39(38(22-28-14-7-4-8-15-28)31(41)23-37-25-34-24-35-37)29(17-11-16-27-12-5-3-6-13-27)33(42)36-44-32-18-9-10-21-43-32/h3-8,12-15,24-26,29,32H,9-11,16-23H2,1-2H3,(H,36,42)/t29-,32+/m0/s1. The normalized spacial score (nSPS) is 15.5. The summed E-state index contributed by atoms with van der Waals surface area (Å²) in [5, 5.41) is 6.85. The number of hydrogen-bond acceptors (Lipinski definition) is 7. The zero-order valence-electron chi connectivity index (χ0n) is 25.7. The highest BCUT2D eigenvalue weighted by Crippen LogP contribution is 2.21. The summed E-state index contributed by atoms with van der Waals surface area (Å²) >= 11 is 0. The molecule has 1 aliphatic rings. The number of carbonyl (C=O) groups excluding carboxylic acids is 3. The van der Waals surface area contributed by atoms with Crippen molar-refractivity contribution in [3.63, 3.8) is 0 Å². The molecule has 0 spiro atoms. The zero-order chi connectivity index (χ0) is 31.1. The van der Waals surface area contributed by atoms with E-state index < -0.39 is 24.1 Å². The Morgan fingerprint density at radius 2 is 1.73 bits per heavy atom. The van der Waals surface area contributed by atoms with Crippen LogP contribution < -0.4 is 5.48 Å².